The molecule has 0 radical (unpaired) electrons. The predicted octanol–water partition coefficient (Wildman–Crippen LogP) is 26.6. The highest BCUT2D eigenvalue weighted by Gasteiger charge is 2.22. The summed E-state index contributed by atoms with van der Waals surface area (Å²) >= 11 is 0. The summed E-state index contributed by atoms with van der Waals surface area (Å²) in [5, 5.41) is 16.0. The van der Waals surface area contributed by atoms with Gasteiger partial charge in [0.25, 0.3) is 0 Å². The first-order valence-corrected chi connectivity index (χ1v) is 36.0. The minimum absolute atomic E-state index is 0.629. The van der Waals surface area contributed by atoms with Gasteiger partial charge in [-0.3, -0.25) is 0 Å². The van der Waals surface area contributed by atoms with Crippen LogP contribution in [0.2, 0.25) is 0 Å². The molecule has 8 heteroatoms. The lowest BCUT2D eigenvalue weighted by Gasteiger charge is -2.14. The summed E-state index contributed by atoms with van der Waals surface area (Å²) in [4.78, 5) is 11.2. The highest BCUT2D eigenvalue weighted by atomic mass is 16.3. The Morgan fingerprint density at radius 2 is 0.491 bits per heavy atom. The molecule has 23 aromatic rings. The molecule has 0 aliphatic rings. The molecule has 7 aromatic heterocycles. The molecular formula is C98H57N5O3. The highest BCUT2D eigenvalue weighted by molar-refractivity contribution is 6.15. The minimum Gasteiger partial charge on any atom is -0.456 e. The van der Waals surface area contributed by atoms with Gasteiger partial charge in [-0.15, -0.1) is 0 Å². The number of hydrogen-bond donors (Lipinski definition) is 0. The molecule has 8 nitrogen and oxygen atoms in total. The second-order valence-corrected chi connectivity index (χ2v) is 28.0. The van der Waals surface area contributed by atoms with Gasteiger partial charge in [0.1, 0.15) is 33.5 Å². The fraction of sp³-hybridized carbons (Fsp3) is 0. The third-order valence-electron chi connectivity index (χ3n) is 22.0. The zero-order chi connectivity index (χ0) is 69.2. The molecule has 0 bridgehead atoms. The molecule has 0 amide bonds. The molecule has 0 fully saturated rings. The van der Waals surface area contributed by atoms with Crippen molar-refractivity contribution in [3.63, 3.8) is 0 Å². The van der Waals surface area contributed by atoms with E-state index in [0.29, 0.717) is 5.82 Å². The van der Waals surface area contributed by atoms with Crippen LogP contribution in [0.3, 0.4) is 0 Å². The van der Waals surface area contributed by atoms with E-state index in [1.807, 2.05) is 36.4 Å². The predicted molar refractivity (Wildman–Crippen MR) is 437 cm³/mol. The van der Waals surface area contributed by atoms with Crippen LogP contribution in [0, 0.1) is 0 Å². The zero-order valence-corrected chi connectivity index (χ0v) is 56.9. The first-order chi connectivity index (χ1) is 52.5. The first kappa shape index (κ1) is 58.3. The van der Waals surface area contributed by atoms with Crippen molar-refractivity contribution in [2.24, 2.45) is 0 Å². The molecule has 0 saturated carbocycles. The number of fused-ring (bicyclic) bond motifs is 19. The molecule has 0 atom stereocenters. The molecule has 0 N–H and O–H groups in total. The number of nitrogens with zero attached hydrogens (tertiary/aromatic N) is 5. The van der Waals surface area contributed by atoms with Crippen molar-refractivity contribution in [2.75, 3.05) is 0 Å². The second kappa shape index (κ2) is 22.6. The van der Waals surface area contributed by atoms with Crippen molar-refractivity contribution in [2.45, 2.75) is 0 Å². The molecule has 0 unspecified atom stereocenters. The third kappa shape index (κ3) is 9.01. The van der Waals surface area contributed by atoms with Gasteiger partial charge >= 0.3 is 0 Å². The van der Waals surface area contributed by atoms with E-state index in [0.717, 1.165) is 188 Å². The van der Waals surface area contributed by atoms with E-state index in [1.54, 1.807) is 0 Å². The Hall–Kier alpha value is -14.3. The standard InChI is InChI=1S/C98H57N5O3/c1-7-25-86-72(19-1)78-51-60(63-37-44-95-81(54-63)75-22-4-10-28-92(75)104-95)34-41-89(78)101(86)69-17-13-15-66(49-69)84-57-85(67-16-14-18-70(50-67)102-87-26-8-2-20-73(87)79-52-61(35-42-90(79)102)64-38-45-96-82(55-64)76-23-5-11-29-93(76)105-96)100-98(99-84)68-32-31-59-48-71(40-33-58(59)47-68)103-88-27-9-3-21-74(88)80-53-62(36-43-91(80)103)65-39-46-97-83(56-65)77-24-6-12-30-94(77)106-97/h1-57H. The Bertz CT molecular complexity index is 7390. The quantitative estimate of drug-likeness (QED) is 0.144. The van der Waals surface area contributed by atoms with E-state index in [1.165, 1.54) is 32.3 Å². The molecule has 16 aromatic carbocycles. The number of benzene rings is 16. The van der Waals surface area contributed by atoms with Crippen molar-refractivity contribution in [3.05, 3.63) is 346 Å². The van der Waals surface area contributed by atoms with Crippen LogP contribution < -0.4 is 0 Å². The summed E-state index contributed by atoms with van der Waals surface area (Å²) in [6.45, 7) is 0. The smallest absolute Gasteiger partial charge is 0.160 e. The largest absolute Gasteiger partial charge is 0.456 e. The summed E-state index contributed by atoms with van der Waals surface area (Å²) < 4.78 is 25.9. The average Bonchev–Trinajstić information content (AvgIpc) is 1.60. The van der Waals surface area contributed by atoms with Gasteiger partial charge in [0.05, 0.1) is 44.5 Å². The maximum Gasteiger partial charge on any atom is 0.160 e. The van der Waals surface area contributed by atoms with Crippen LogP contribution in [0.15, 0.2) is 359 Å². The zero-order valence-electron chi connectivity index (χ0n) is 56.9. The Morgan fingerprint density at radius 3 is 0.906 bits per heavy atom. The number of para-hydroxylation sites is 6. The van der Waals surface area contributed by atoms with Crippen LogP contribution >= 0.6 is 0 Å². The van der Waals surface area contributed by atoms with E-state index in [4.69, 9.17) is 23.2 Å². The number of hydrogen-bond acceptors (Lipinski definition) is 5. The maximum atomic E-state index is 6.25. The molecule has 492 valence electrons. The lowest BCUT2D eigenvalue weighted by molar-refractivity contribution is 0.668. The molecule has 7 heterocycles. The van der Waals surface area contributed by atoms with E-state index >= 15 is 0 Å². The Kier molecular flexibility index (Phi) is 12.4. The number of rotatable bonds is 9. The molecule has 0 spiro atoms. The monoisotopic (exact) mass is 1350 g/mol. The molecule has 106 heavy (non-hydrogen) atoms. The van der Waals surface area contributed by atoms with E-state index in [2.05, 4.69) is 323 Å². The Balaban J connectivity index is 0.649. The SMILES string of the molecule is c1cc(-c2cc(-c3cccc(-n4c5ccccc5c5cc(-c6ccc7oc8ccccc8c7c6)ccc54)c3)nc(-c3ccc4cc(-n5c6ccccc6c6cc(-c7ccc8oc9ccccc9c8c7)ccc65)ccc4c3)n2)cc(-n2c3ccccc3c3cc(-c4ccc5oc6ccccc6c5c4)ccc32)c1. The van der Waals surface area contributed by atoms with Gasteiger partial charge in [0.15, 0.2) is 5.82 Å². The summed E-state index contributed by atoms with van der Waals surface area (Å²) in [5.74, 6) is 0.629. The Morgan fingerprint density at radius 1 is 0.179 bits per heavy atom. The van der Waals surface area contributed by atoms with Gasteiger partial charge in [-0.1, -0.05) is 188 Å². The topological polar surface area (TPSA) is 80.0 Å². The minimum atomic E-state index is 0.629. The van der Waals surface area contributed by atoms with Gasteiger partial charge < -0.3 is 27.0 Å². The normalized spacial score (nSPS) is 12.2. The highest BCUT2D eigenvalue weighted by Crippen LogP contribution is 2.44. The fourth-order valence-electron chi connectivity index (χ4n) is 17.0. The number of aromatic nitrogens is 5. The Labute approximate surface area is 605 Å². The maximum absolute atomic E-state index is 6.25. The summed E-state index contributed by atoms with van der Waals surface area (Å²) in [7, 11) is 0. The third-order valence-corrected chi connectivity index (χ3v) is 22.0. The van der Waals surface area contributed by atoms with E-state index < -0.39 is 0 Å². The van der Waals surface area contributed by atoms with Crippen LogP contribution in [0.5, 0.6) is 0 Å². The summed E-state index contributed by atoms with van der Waals surface area (Å²) in [5.41, 5.74) is 26.6. The summed E-state index contributed by atoms with van der Waals surface area (Å²) in [6, 6.07) is 125. The van der Waals surface area contributed by atoms with Crippen LogP contribution in [-0.4, -0.2) is 23.7 Å². The van der Waals surface area contributed by atoms with Gasteiger partial charge in [-0.05, 0) is 202 Å². The molecular weight excluding hydrogens is 1300 g/mol. The van der Waals surface area contributed by atoms with E-state index in [-0.39, 0.29) is 0 Å². The van der Waals surface area contributed by atoms with Crippen molar-refractivity contribution in [3.8, 4) is 84.3 Å². The van der Waals surface area contributed by atoms with Crippen molar-refractivity contribution in [1.29, 1.82) is 0 Å². The molecule has 0 aliphatic heterocycles. The van der Waals surface area contributed by atoms with Crippen molar-refractivity contribution < 1.29 is 13.3 Å². The van der Waals surface area contributed by atoms with Gasteiger partial charge in [0.2, 0.25) is 0 Å². The van der Waals surface area contributed by atoms with Crippen LogP contribution in [-0.2, 0) is 0 Å². The molecule has 23 rings (SSSR count). The molecule has 0 saturated heterocycles. The van der Waals surface area contributed by atoms with Gasteiger partial charge in [-0.25, -0.2) is 9.97 Å². The van der Waals surface area contributed by atoms with Crippen molar-refractivity contribution in [1.82, 2.24) is 23.7 Å². The lowest BCUT2D eigenvalue weighted by Crippen LogP contribution is -1.99. The summed E-state index contributed by atoms with van der Waals surface area (Å²) in [6.07, 6.45) is 0. The average molecular weight is 1350 g/mol. The van der Waals surface area contributed by atoms with Gasteiger partial charge in [0, 0.05) is 98.4 Å². The van der Waals surface area contributed by atoms with E-state index in [9.17, 15) is 0 Å². The lowest BCUT2D eigenvalue weighted by atomic mass is 10.0. The van der Waals surface area contributed by atoms with Crippen LogP contribution in [0.25, 0.3) is 226 Å². The van der Waals surface area contributed by atoms with Crippen LogP contribution in [0.4, 0.5) is 0 Å². The first-order valence-electron chi connectivity index (χ1n) is 36.0. The van der Waals surface area contributed by atoms with Crippen molar-refractivity contribution >= 4 is 142 Å². The van der Waals surface area contributed by atoms with Gasteiger partial charge in [-0.2, -0.15) is 0 Å². The second-order valence-electron chi connectivity index (χ2n) is 28.0. The molecule has 0 aliphatic carbocycles. The fourth-order valence-corrected chi connectivity index (χ4v) is 17.0. The number of furan rings is 3. The van der Waals surface area contributed by atoms with Crippen LogP contribution in [0.1, 0.15) is 0 Å².